The SMILES string of the molecule is O=C(CCC(=O)c1ccco1)c1ccc2ocnc2c1. The van der Waals surface area contributed by atoms with E-state index in [-0.39, 0.29) is 30.2 Å². The van der Waals surface area contributed by atoms with Gasteiger partial charge in [-0.3, -0.25) is 9.59 Å². The van der Waals surface area contributed by atoms with Gasteiger partial charge in [-0.05, 0) is 30.3 Å². The Morgan fingerprint density at radius 2 is 1.90 bits per heavy atom. The number of carbonyl (C=O) groups is 2. The molecule has 0 fully saturated rings. The van der Waals surface area contributed by atoms with Gasteiger partial charge in [-0.1, -0.05) is 0 Å². The van der Waals surface area contributed by atoms with Crippen LogP contribution in [0.5, 0.6) is 0 Å². The van der Waals surface area contributed by atoms with Crippen molar-refractivity contribution >= 4 is 22.7 Å². The molecule has 0 unspecified atom stereocenters. The number of hydrogen-bond donors (Lipinski definition) is 0. The van der Waals surface area contributed by atoms with Crippen LogP contribution in [0.3, 0.4) is 0 Å². The van der Waals surface area contributed by atoms with Crippen LogP contribution in [0.4, 0.5) is 0 Å². The zero-order valence-corrected chi connectivity index (χ0v) is 10.5. The van der Waals surface area contributed by atoms with Gasteiger partial charge in [-0.25, -0.2) is 4.98 Å². The minimum atomic E-state index is -0.175. The van der Waals surface area contributed by atoms with Crippen molar-refractivity contribution in [3.05, 3.63) is 54.3 Å². The molecule has 0 aliphatic carbocycles. The first kappa shape index (κ1) is 12.3. The Bertz CT molecular complexity index is 755. The molecule has 0 amide bonds. The zero-order chi connectivity index (χ0) is 13.9. The van der Waals surface area contributed by atoms with E-state index in [1.165, 1.54) is 12.7 Å². The number of benzene rings is 1. The van der Waals surface area contributed by atoms with Crippen LogP contribution in [0, 0.1) is 0 Å². The third-order valence-electron chi connectivity index (χ3n) is 3.03. The molecule has 20 heavy (non-hydrogen) atoms. The summed E-state index contributed by atoms with van der Waals surface area (Å²) < 4.78 is 10.1. The summed E-state index contributed by atoms with van der Waals surface area (Å²) in [5.74, 6) is 0.00502. The van der Waals surface area contributed by atoms with Crippen LogP contribution in [0.15, 0.2) is 51.8 Å². The first-order valence-corrected chi connectivity index (χ1v) is 6.17. The van der Waals surface area contributed by atoms with Gasteiger partial charge in [-0.2, -0.15) is 0 Å². The standard InChI is InChI=1S/C15H11NO4/c17-12(4-5-13(18)15-2-1-7-19-15)10-3-6-14-11(8-10)16-9-20-14/h1-3,6-9H,4-5H2. The number of fused-ring (bicyclic) bond motifs is 1. The number of hydrogen-bond acceptors (Lipinski definition) is 5. The lowest BCUT2D eigenvalue weighted by Crippen LogP contribution is -2.04. The highest BCUT2D eigenvalue weighted by Crippen LogP contribution is 2.16. The third kappa shape index (κ3) is 2.38. The van der Waals surface area contributed by atoms with Crippen molar-refractivity contribution < 1.29 is 18.4 Å². The summed E-state index contributed by atoms with van der Waals surface area (Å²) in [5.41, 5.74) is 1.79. The second-order valence-corrected chi connectivity index (χ2v) is 4.36. The van der Waals surface area contributed by atoms with Gasteiger partial charge < -0.3 is 8.83 Å². The molecule has 0 saturated heterocycles. The van der Waals surface area contributed by atoms with Crippen molar-refractivity contribution in [1.29, 1.82) is 0 Å². The molecule has 3 rings (SSSR count). The smallest absolute Gasteiger partial charge is 0.198 e. The van der Waals surface area contributed by atoms with E-state index in [1.54, 1.807) is 30.3 Å². The molecule has 0 aliphatic rings. The van der Waals surface area contributed by atoms with E-state index >= 15 is 0 Å². The predicted octanol–water partition coefficient (Wildman–Crippen LogP) is 3.27. The number of nitrogens with zero attached hydrogens (tertiary/aromatic N) is 1. The maximum absolute atomic E-state index is 12.0. The molecule has 0 spiro atoms. The molecule has 0 aliphatic heterocycles. The van der Waals surface area contributed by atoms with E-state index in [1.807, 2.05) is 0 Å². The average molecular weight is 269 g/mol. The molecule has 100 valence electrons. The highest BCUT2D eigenvalue weighted by atomic mass is 16.3. The molecular formula is C15H11NO4. The summed E-state index contributed by atoms with van der Waals surface area (Å²) in [4.78, 5) is 27.8. The van der Waals surface area contributed by atoms with Gasteiger partial charge in [0.1, 0.15) is 5.52 Å². The van der Waals surface area contributed by atoms with Crippen molar-refractivity contribution in [3.8, 4) is 0 Å². The lowest BCUT2D eigenvalue weighted by atomic mass is 10.0. The molecule has 0 atom stereocenters. The summed E-state index contributed by atoms with van der Waals surface area (Å²) in [5, 5.41) is 0. The number of oxazole rings is 1. The van der Waals surface area contributed by atoms with E-state index in [2.05, 4.69) is 4.98 Å². The van der Waals surface area contributed by atoms with Gasteiger partial charge in [-0.15, -0.1) is 0 Å². The fourth-order valence-corrected chi connectivity index (χ4v) is 1.96. The first-order chi connectivity index (χ1) is 9.74. The normalized spacial score (nSPS) is 10.8. The highest BCUT2D eigenvalue weighted by Gasteiger charge is 2.13. The van der Waals surface area contributed by atoms with Crippen LogP contribution in [0.1, 0.15) is 33.8 Å². The van der Waals surface area contributed by atoms with E-state index < -0.39 is 0 Å². The second kappa shape index (κ2) is 5.13. The fourth-order valence-electron chi connectivity index (χ4n) is 1.96. The summed E-state index contributed by atoms with van der Waals surface area (Å²) in [6.45, 7) is 0. The molecule has 1 aromatic carbocycles. The Morgan fingerprint density at radius 1 is 1.05 bits per heavy atom. The summed E-state index contributed by atoms with van der Waals surface area (Å²) >= 11 is 0. The van der Waals surface area contributed by atoms with Crippen LogP contribution >= 0.6 is 0 Å². The minimum absolute atomic E-state index is 0.102. The molecule has 3 aromatic rings. The molecular weight excluding hydrogens is 258 g/mol. The van der Waals surface area contributed by atoms with Crippen LogP contribution in [-0.4, -0.2) is 16.6 Å². The summed E-state index contributed by atoms with van der Waals surface area (Å²) in [7, 11) is 0. The topological polar surface area (TPSA) is 73.3 Å². The molecule has 0 bridgehead atoms. The van der Waals surface area contributed by atoms with Crippen molar-refractivity contribution in [1.82, 2.24) is 4.98 Å². The lowest BCUT2D eigenvalue weighted by Gasteiger charge is -2.00. The highest BCUT2D eigenvalue weighted by molar-refractivity contribution is 6.02. The van der Waals surface area contributed by atoms with Crippen molar-refractivity contribution in [2.75, 3.05) is 0 Å². The van der Waals surface area contributed by atoms with Crippen LogP contribution in [-0.2, 0) is 0 Å². The Hall–Kier alpha value is -2.69. The number of rotatable bonds is 5. The zero-order valence-electron chi connectivity index (χ0n) is 10.5. The van der Waals surface area contributed by atoms with Gasteiger partial charge >= 0.3 is 0 Å². The first-order valence-electron chi connectivity index (χ1n) is 6.17. The number of Topliss-reactive ketones (excluding diaryl/α,β-unsaturated/α-hetero) is 2. The van der Waals surface area contributed by atoms with Crippen molar-refractivity contribution in [3.63, 3.8) is 0 Å². The van der Waals surface area contributed by atoms with Crippen molar-refractivity contribution in [2.24, 2.45) is 0 Å². The molecule has 5 heteroatoms. The lowest BCUT2D eigenvalue weighted by molar-refractivity contribution is 0.0902. The molecule has 2 aromatic heterocycles. The van der Waals surface area contributed by atoms with Gasteiger partial charge in [0, 0.05) is 18.4 Å². The Kier molecular flexibility index (Phi) is 3.16. The van der Waals surface area contributed by atoms with Gasteiger partial charge in [0.15, 0.2) is 29.3 Å². The number of carbonyl (C=O) groups excluding carboxylic acids is 2. The van der Waals surface area contributed by atoms with Crippen molar-refractivity contribution in [2.45, 2.75) is 12.8 Å². The number of furan rings is 1. The van der Waals surface area contributed by atoms with Crippen LogP contribution in [0.25, 0.3) is 11.1 Å². The van der Waals surface area contributed by atoms with Gasteiger partial charge in [0.25, 0.3) is 0 Å². The molecule has 0 saturated carbocycles. The maximum atomic E-state index is 12.0. The number of ketones is 2. The summed E-state index contributed by atoms with van der Waals surface area (Å²) in [6.07, 6.45) is 3.04. The predicted molar refractivity (Wildman–Crippen MR) is 70.6 cm³/mol. The fraction of sp³-hybridized carbons (Fsp3) is 0.133. The Labute approximate surface area is 114 Å². The largest absolute Gasteiger partial charge is 0.461 e. The van der Waals surface area contributed by atoms with E-state index in [0.717, 1.165) is 0 Å². The van der Waals surface area contributed by atoms with Crippen LogP contribution < -0.4 is 0 Å². The third-order valence-corrected chi connectivity index (χ3v) is 3.03. The van der Waals surface area contributed by atoms with E-state index in [4.69, 9.17) is 8.83 Å². The molecule has 0 radical (unpaired) electrons. The minimum Gasteiger partial charge on any atom is -0.461 e. The average Bonchev–Trinajstić information content (AvgIpc) is 3.13. The summed E-state index contributed by atoms with van der Waals surface area (Å²) in [6, 6.07) is 8.28. The molecule has 5 nitrogen and oxygen atoms in total. The monoisotopic (exact) mass is 269 g/mol. The Morgan fingerprint density at radius 3 is 2.70 bits per heavy atom. The van der Waals surface area contributed by atoms with Crippen LogP contribution in [0.2, 0.25) is 0 Å². The number of aromatic nitrogens is 1. The van der Waals surface area contributed by atoms with Gasteiger partial charge in [0.2, 0.25) is 0 Å². The Balaban J connectivity index is 1.68. The quantitative estimate of drug-likeness (QED) is 0.664. The van der Waals surface area contributed by atoms with E-state index in [9.17, 15) is 9.59 Å². The maximum Gasteiger partial charge on any atom is 0.198 e. The molecule has 2 heterocycles. The molecule has 0 N–H and O–H groups in total. The van der Waals surface area contributed by atoms with E-state index in [0.29, 0.717) is 16.7 Å². The van der Waals surface area contributed by atoms with Gasteiger partial charge in [0.05, 0.1) is 6.26 Å². The second-order valence-electron chi connectivity index (χ2n) is 4.36.